The molecule has 0 saturated carbocycles. The Morgan fingerprint density at radius 3 is 2.71 bits per heavy atom. The Hall–Kier alpha value is -1.72. The highest BCUT2D eigenvalue weighted by atomic mass is 19.1. The van der Waals surface area contributed by atoms with Crippen LogP contribution in [0.3, 0.4) is 0 Å². The van der Waals surface area contributed by atoms with E-state index in [1.165, 1.54) is 6.07 Å². The number of halogens is 1. The second kappa shape index (κ2) is 6.83. The number of ether oxygens (including phenoxy) is 1. The van der Waals surface area contributed by atoms with Gasteiger partial charge in [0.1, 0.15) is 12.4 Å². The number of hydrogen-bond donors (Lipinski definition) is 1. The van der Waals surface area contributed by atoms with Crippen molar-refractivity contribution in [2.24, 2.45) is 0 Å². The van der Waals surface area contributed by atoms with Gasteiger partial charge in [-0.1, -0.05) is 23.4 Å². The van der Waals surface area contributed by atoms with Crippen molar-refractivity contribution in [1.82, 2.24) is 10.5 Å². The summed E-state index contributed by atoms with van der Waals surface area (Å²) < 4.78 is 24.0. The molecule has 0 unspecified atom stereocenters. The molecule has 1 heterocycles. The van der Waals surface area contributed by atoms with E-state index in [-0.39, 0.29) is 24.6 Å². The second-order valence-corrected chi connectivity index (χ2v) is 5.97. The molecule has 2 rings (SSSR count). The van der Waals surface area contributed by atoms with Gasteiger partial charge in [-0.3, -0.25) is 0 Å². The fourth-order valence-electron chi connectivity index (χ4n) is 1.74. The van der Waals surface area contributed by atoms with Crippen molar-refractivity contribution in [3.05, 3.63) is 53.2 Å². The Bertz CT molecular complexity index is 576. The van der Waals surface area contributed by atoms with Crippen molar-refractivity contribution in [2.75, 3.05) is 0 Å². The molecule has 114 valence electrons. The quantitative estimate of drug-likeness (QED) is 0.886. The highest BCUT2D eigenvalue weighted by molar-refractivity contribution is 5.16. The SMILES string of the molecule is CC(C)(C)NCc1cc(COCc2ccccc2F)on1. The van der Waals surface area contributed by atoms with Gasteiger partial charge < -0.3 is 14.6 Å². The van der Waals surface area contributed by atoms with Gasteiger partial charge in [-0.2, -0.15) is 0 Å². The van der Waals surface area contributed by atoms with Crippen molar-refractivity contribution in [2.45, 2.75) is 46.1 Å². The van der Waals surface area contributed by atoms with Crippen LogP contribution in [0.1, 0.15) is 37.8 Å². The lowest BCUT2D eigenvalue weighted by atomic mass is 10.1. The summed E-state index contributed by atoms with van der Waals surface area (Å²) in [7, 11) is 0. The van der Waals surface area contributed by atoms with Crippen molar-refractivity contribution in [1.29, 1.82) is 0 Å². The number of aromatic nitrogens is 1. The highest BCUT2D eigenvalue weighted by Crippen LogP contribution is 2.11. The predicted octanol–water partition coefficient (Wildman–Crippen LogP) is 3.42. The summed E-state index contributed by atoms with van der Waals surface area (Å²) in [5, 5.41) is 7.30. The van der Waals surface area contributed by atoms with Gasteiger partial charge in [0.25, 0.3) is 0 Å². The van der Waals surface area contributed by atoms with E-state index in [1.807, 2.05) is 6.07 Å². The van der Waals surface area contributed by atoms with Crippen LogP contribution in [0.5, 0.6) is 0 Å². The van der Waals surface area contributed by atoms with Gasteiger partial charge >= 0.3 is 0 Å². The molecule has 4 nitrogen and oxygen atoms in total. The highest BCUT2D eigenvalue weighted by Gasteiger charge is 2.11. The molecule has 0 saturated heterocycles. The molecule has 0 aliphatic carbocycles. The maximum Gasteiger partial charge on any atom is 0.162 e. The van der Waals surface area contributed by atoms with Crippen LogP contribution in [0.2, 0.25) is 0 Å². The minimum Gasteiger partial charge on any atom is -0.369 e. The minimum absolute atomic E-state index is 0.0282. The van der Waals surface area contributed by atoms with Crippen LogP contribution in [0.15, 0.2) is 34.9 Å². The summed E-state index contributed by atoms with van der Waals surface area (Å²) in [6, 6.07) is 8.41. The first-order chi connectivity index (χ1) is 9.94. The molecular weight excluding hydrogens is 271 g/mol. The maximum atomic E-state index is 13.4. The molecule has 5 heteroatoms. The van der Waals surface area contributed by atoms with Crippen LogP contribution < -0.4 is 5.32 Å². The summed E-state index contributed by atoms with van der Waals surface area (Å²) in [4.78, 5) is 0. The van der Waals surface area contributed by atoms with Crippen LogP contribution >= 0.6 is 0 Å². The molecule has 1 aromatic heterocycles. The number of benzene rings is 1. The number of hydrogen-bond acceptors (Lipinski definition) is 4. The molecule has 0 spiro atoms. The molecule has 0 atom stereocenters. The molecule has 0 radical (unpaired) electrons. The van der Waals surface area contributed by atoms with Crippen molar-refractivity contribution < 1.29 is 13.7 Å². The van der Waals surface area contributed by atoms with Crippen molar-refractivity contribution in [3.8, 4) is 0 Å². The molecule has 0 fully saturated rings. The molecule has 21 heavy (non-hydrogen) atoms. The zero-order valence-electron chi connectivity index (χ0n) is 12.6. The van der Waals surface area contributed by atoms with Crippen LogP contribution in [0.25, 0.3) is 0 Å². The zero-order chi connectivity index (χ0) is 15.3. The lowest BCUT2D eigenvalue weighted by molar-refractivity contribution is 0.0863. The fourth-order valence-corrected chi connectivity index (χ4v) is 1.74. The maximum absolute atomic E-state index is 13.4. The molecule has 0 amide bonds. The van der Waals surface area contributed by atoms with Crippen LogP contribution in [-0.4, -0.2) is 10.7 Å². The number of nitrogens with one attached hydrogen (secondary N) is 1. The smallest absolute Gasteiger partial charge is 0.162 e. The predicted molar refractivity (Wildman–Crippen MR) is 78.0 cm³/mol. The van der Waals surface area contributed by atoms with E-state index in [1.54, 1.807) is 18.2 Å². The third kappa shape index (κ3) is 5.28. The largest absolute Gasteiger partial charge is 0.369 e. The van der Waals surface area contributed by atoms with Gasteiger partial charge in [0, 0.05) is 23.7 Å². The summed E-state index contributed by atoms with van der Waals surface area (Å²) >= 11 is 0. The van der Waals surface area contributed by atoms with Crippen LogP contribution in [0, 0.1) is 5.82 Å². The number of rotatable bonds is 6. The molecule has 2 aromatic rings. The monoisotopic (exact) mass is 292 g/mol. The van der Waals surface area contributed by atoms with Gasteiger partial charge in [-0.05, 0) is 26.8 Å². The molecule has 0 bridgehead atoms. The molecule has 0 aliphatic rings. The van der Waals surface area contributed by atoms with E-state index in [0.29, 0.717) is 17.9 Å². The average molecular weight is 292 g/mol. The molecule has 0 aliphatic heterocycles. The standard InChI is InChI=1S/C16H21FN2O2/c1-16(2,3)18-9-13-8-14(21-19-13)11-20-10-12-6-4-5-7-15(12)17/h4-8,18H,9-11H2,1-3H3. The number of nitrogens with zero attached hydrogens (tertiary/aromatic N) is 1. The van der Waals surface area contributed by atoms with Crippen molar-refractivity contribution >= 4 is 0 Å². The molecule has 1 aromatic carbocycles. The average Bonchev–Trinajstić information content (AvgIpc) is 2.86. The first-order valence-corrected chi connectivity index (χ1v) is 6.95. The van der Waals surface area contributed by atoms with Gasteiger partial charge in [-0.25, -0.2) is 4.39 Å². The summed E-state index contributed by atoms with van der Waals surface area (Å²) in [6.07, 6.45) is 0. The molecule has 1 N–H and O–H groups in total. The van der Waals surface area contributed by atoms with Crippen LogP contribution in [-0.2, 0) is 24.5 Å². The lowest BCUT2D eigenvalue weighted by Crippen LogP contribution is -2.35. The molecular formula is C16H21FN2O2. The second-order valence-electron chi connectivity index (χ2n) is 5.97. The Kier molecular flexibility index (Phi) is 5.09. The third-order valence-electron chi connectivity index (χ3n) is 2.87. The van der Waals surface area contributed by atoms with E-state index in [0.717, 1.165) is 5.69 Å². The van der Waals surface area contributed by atoms with E-state index in [9.17, 15) is 4.39 Å². The summed E-state index contributed by atoms with van der Waals surface area (Å²) in [5.41, 5.74) is 1.39. The van der Waals surface area contributed by atoms with E-state index in [4.69, 9.17) is 9.26 Å². The third-order valence-corrected chi connectivity index (χ3v) is 2.87. The Labute approximate surface area is 124 Å². The normalized spacial score (nSPS) is 11.8. The fraction of sp³-hybridized carbons (Fsp3) is 0.438. The minimum atomic E-state index is -0.259. The van der Waals surface area contributed by atoms with Gasteiger partial charge in [0.15, 0.2) is 5.76 Å². The van der Waals surface area contributed by atoms with Gasteiger partial charge in [0.2, 0.25) is 0 Å². The summed E-state index contributed by atoms with van der Waals surface area (Å²) in [6.45, 7) is 7.39. The van der Waals surface area contributed by atoms with E-state index < -0.39 is 0 Å². The lowest BCUT2D eigenvalue weighted by Gasteiger charge is -2.19. The first kappa shape index (κ1) is 15.7. The zero-order valence-corrected chi connectivity index (χ0v) is 12.6. The van der Waals surface area contributed by atoms with E-state index in [2.05, 4.69) is 31.2 Å². The first-order valence-electron chi connectivity index (χ1n) is 6.95. The van der Waals surface area contributed by atoms with E-state index >= 15 is 0 Å². The topological polar surface area (TPSA) is 47.3 Å². The van der Waals surface area contributed by atoms with Gasteiger partial charge in [-0.15, -0.1) is 0 Å². The Balaban J connectivity index is 1.79. The Morgan fingerprint density at radius 2 is 2.00 bits per heavy atom. The Morgan fingerprint density at radius 1 is 1.24 bits per heavy atom. The summed E-state index contributed by atoms with van der Waals surface area (Å²) in [5.74, 6) is 0.377. The van der Waals surface area contributed by atoms with Crippen LogP contribution in [0.4, 0.5) is 4.39 Å². The van der Waals surface area contributed by atoms with Crippen molar-refractivity contribution in [3.63, 3.8) is 0 Å². The van der Waals surface area contributed by atoms with Gasteiger partial charge in [0.05, 0.1) is 12.3 Å².